The Labute approximate surface area is 114 Å². The Morgan fingerprint density at radius 1 is 1.28 bits per heavy atom. The molecule has 0 aromatic heterocycles. The van der Waals surface area contributed by atoms with Crippen LogP contribution in [0.1, 0.15) is 44.2 Å². The fourth-order valence-corrected chi connectivity index (χ4v) is 1.76. The lowest BCUT2D eigenvalue weighted by Gasteiger charge is -2.06. The highest BCUT2D eigenvalue weighted by atomic mass is 32.1. The molecule has 18 heavy (non-hydrogen) atoms. The molecule has 1 rings (SSSR count). The van der Waals surface area contributed by atoms with Gasteiger partial charge in [0.1, 0.15) is 0 Å². The first-order valence-electron chi connectivity index (χ1n) is 6.38. The molecule has 0 fully saturated rings. The molecule has 0 spiro atoms. The minimum Gasteiger partial charge on any atom is -0.375 e. The third-order valence-corrected chi connectivity index (χ3v) is 2.83. The standard InChI is InChI=1S/C14H21N3S/c1-3-5-6-11-7-9-12(10-8-11)13(4-2)16-17-14(15)18/h7-10H,3-6H2,1-2H3,(H3,15,17,18)/b16-13+. The van der Waals surface area contributed by atoms with Crippen LogP contribution in [0, 0.1) is 0 Å². The number of aryl methyl sites for hydroxylation is 1. The van der Waals surface area contributed by atoms with Gasteiger partial charge in [0.2, 0.25) is 0 Å². The maximum Gasteiger partial charge on any atom is 0.184 e. The van der Waals surface area contributed by atoms with E-state index in [-0.39, 0.29) is 5.11 Å². The number of hydrazone groups is 1. The van der Waals surface area contributed by atoms with Crippen LogP contribution in [0.2, 0.25) is 0 Å². The van der Waals surface area contributed by atoms with Crippen LogP contribution < -0.4 is 11.2 Å². The molecule has 0 saturated carbocycles. The first-order valence-corrected chi connectivity index (χ1v) is 6.79. The maximum absolute atomic E-state index is 5.37. The van der Waals surface area contributed by atoms with Crippen molar-refractivity contribution in [3.8, 4) is 0 Å². The molecule has 1 aromatic rings. The summed E-state index contributed by atoms with van der Waals surface area (Å²) >= 11 is 4.74. The van der Waals surface area contributed by atoms with Crippen LogP contribution in [0.25, 0.3) is 0 Å². The summed E-state index contributed by atoms with van der Waals surface area (Å²) in [5.41, 5.74) is 11.5. The third-order valence-electron chi connectivity index (χ3n) is 2.74. The number of thiocarbonyl (C=S) groups is 1. The van der Waals surface area contributed by atoms with Crippen molar-refractivity contribution < 1.29 is 0 Å². The molecule has 1 aromatic carbocycles. The quantitative estimate of drug-likeness (QED) is 0.471. The fourth-order valence-electron chi connectivity index (χ4n) is 1.72. The van der Waals surface area contributed by atoms with E-state index in [0.717, 1.165) is 24.1 Å². The van der Waals surface area contributed by atoms with E-state index in [1.165, 1.54) is 18.4 Å². The summed E-state index contributed by atoms with van der Waals surface area (Å²) in [6.07, 6.45) is 4.43. The van der Waals surface area contributed by atoms with Crippen molar-refractivity contribution in [1.82, 2.24) is 5.43 Å². The molecule has 0 saturated heterocycles. The Kier molecular flexibility index (Phi) is 6.36. The third kappa shape index (κ3) is 4.84. The van der Waals surface area contributed by atoms with E-state index in [1.54, 1.807) is 0 Å². The number of unbranched alkanes of at least 4 members (excludes halogenated alkanes) is 1. The summed E-state index contributed by atoms with van der Waals surface area (Å²) in [7, 11) is 0. The van der Waals surface area contributed by atoms with E-state index in [4.69, 9.17) is 18.0 Å². The molecule has 0 aliphatic carbocycles. The Hall–Kier alpha value is -1.42. The second-order valence-electron chi connectivity index (χ2n) is 4.19. The van der Waals surface area contributed by atoms with Gasteiger partial charge in [0.25, 0.3) is 0 Å². The first kappa shape index (κ1) is 14.6. The van der Waals surface area contributed by atoms with Gasteiger partial charge in [0.15, 0.2) is 5.11 Å². The number of nitrogens with one attached hydrogen (secondary N) is 1. The molecule has 3 nitrogen and oxygen atoms in total. The number of hydrogen-bond acceptors (Lipinski definition) is 2. The minimum absolute atomic E-state index is 0.195. The molecular formula is C14H21N3S. The molecule has 0 atom stereocenters. The summed E-state index contributed by atoms with van der Waals surface area (Å²) in [5.74, 6) is 0. The molecule has 0 aliphatic rings. The summed E-state index contributed by atoms with van der Waals surface area (Å²) in [4.78, 5) is 0. The Balaban J connectivity index is 2.75. The van der Waals surface area contributed by atoms with Gasteiger partial charge in [-0.1, -0.05) is 44.5 Å². The Morgan fingerprint density at radius 2 is 1.94 bits per heavy atom. The topological polar surface area (TPSA) is 50.4 Å². The van der Waals surface area contributed by atoms with Gasteiger partial charge in [-0.25, -0.2) is 0 Å². The number of benzene rings is 1. The van der Waals surface area contributed by atoms with Crippen molar-refractivity contribution in [1.29, 1.82) is 0 Å². The van der Waals surface area contributed by atoms with Crippen LogP contribution in [0.15, 0.2) is 29.4 Å². The van der Waals surface area contributed by atoms with Crippen LogP contribution in [-0.4, -0.2) is 10.8 Å². The average Bonchev–Trinajstić information content (AvgIpc) is 2.38. The zero-order valence-corrected chi connectivity index (χ0v) is 11.9. The zero-order chi connectivity index (χ0) is 13.4. The fraction of sp³-hybridized carbons (Fsp3) is 0.429. The van der Waals surface area contributed by atoms with E-state index in [0.29, 0.717) is 0 Å². The van der Waals surface area contributed by atoms with Crippen molar-refractivity contribution in [2.75, 3.05) is 0 Å². The maximum atomic E-state index is 5.37. The zero-order valence-electron chi connectivity index (χ0n) is 11.1. The van der Waals surface area contributed by atoms with Crippen LogP contribution in [-0.2, 0) is 6.42 Å². The van der Waals surface area contributed by atoms with Gasteiger partial charge in [0, 0.05) is 0 Å². The van der Waals surface area contributed by atoms with E-state index in [1.807, 2.05) is 0 Å². The number of nitrogens with zero attached hydrogens (tertiary/aromatic N) is 1. The molecular weight excluding hydrogens is 242 g/mol. The molecule has 0 bridgehead atoms. The lowest BCUT2D eigenvalue weighted by atomic mass is 10.0. The highest BCUT2D eigenvalue weighted by Crippen LogP contribution is 2.10. The Bertz CT molecular complexity index is 410. The largest absolute Gasteiger partial charge is 0.375 e. The number of rotatable bonds is 6. The summed E-state index contributed by atoms with van der Waals surface area (Å²) < 4.78 is 0. The highest BCUT2D eigenvalue weighted by Gasteiger charge is 2.01. The van der Waals surface area contributed by atoms with Gasteiger partial charge < -0.3 is 5.73 Å². The van der Waals surface area contributed by atoms with Gasteiger partial charge in [-0.05, 0) is 42.6 Å². The summed E-state index contributed by atoms with van der Waals surface area (Å²) in [6, 6.07) is 8.54. The second kappa shape index (κ2) is 7.82. The molecule has 0 radical (unpaired) electrons. The van der Waals surface area contributed by atoms with E-state index in [9.17, 15) is 0 Å². The van der Waals surface area contributed by atoms with E-state index >= 15 is 0 Å². The van der Waals surface area contributed by atoms with Crippen LogP contribution >= 0.6 is 12.2 Å². The Morgan fingerprint density at radius 3 is 2.44 bits per heavy atom. The van der Waals surface area contributed by atoms with Crippen LogP contribution in [0.4, 0.5) is 0 Å². The van der Waals surface area contributed by atoms with Crippen molar-refractivity contribution in [3.05, 3.63) is 35.4 Å². The van der Waals surface area contributed by atoms with Gasteiger partial charge >= 0.3 is 0 Å². The van der Waals surface area contributed by atoms with Gasteiger partial charge in [-0.15, -0.1) is 0 Å². The van der Waals surface area contributed by atoms with Crippen molar-refractivity contribution in [3.63, 3.8) is 0 Å². The van der Waals surface area contributed by atoms with Crippen LogP contribution in [0.5, 0.6) is 0 Å². The predicted molar refractivity (Wildman–Crippen MR) is 81.8 cm³/mol. The lowest BCUT2D eigenvalue weighted by molar-refractivity contribution is 0.795. The lowest BCUT2D eigenvalue weighted by Crippen LogP contribution is -2.25. The normalized spacial score (nSPS) is 11.3. The predicted octanol–water partition coefficient (Wildman–Crippen LogP) is 2.98. The molecule has 3 N–H and O–H groups in total. The van der Waals surface area contributed by atoms with Crippen molar-refractivity contribution in [2.45, 2.75) is 39.5 Å². The smallest absolute Gasteiger partial charge is 0.184 e. The monoisotopic (exact) mass is 263 g/mol. The van der Waals surface area contributed by atoms with E-state index < -0.39 is 0 Å². The molecule has 98 valence electrons. The number of hydrogen-bond donors (Lipinski definition) is 2. The van der Waals surface area contributed by atoms with Gasteiger partial charge in [-0.2, -0.15) is 5.10 Å². The summed E-state index contributed by atoms with van der Waals surface area (Å²) in [6.45, 7) is 4.27. The average molecular weight is 263 g/mol. The number of nitrogens with two attached hydrogens (primary N) is 1. The van der Waals surface area contributed by atoms with Crippen LogP contribution in [0.3, 0.4) is 0 Å². The van der Waals surface area contributed by atoms with Crippen molar-refractivity contribution >= 4 is 23.0 Å². The molecule has 0 amide bonds. The van der Waals surface area contributed by atoms with E-state index in [2.05, 4.69) is 48.6 Å². The molecule has 0 heterocycles. The van der Waals surface area contributed by atoms with Gasteiger partial charge in [-0.3, -0.25) is 5.43 Å². The molecule has 4 heteroatoms. The first-order chi connectivity index (χ1) is 8.67. The second-order valence-corrected chi connectivity index (χ2v) is 4.63. The molecule has 0 aliphatic heterocycles. The van der Waals surface area contributed by atoms with Crippen molar-refractivity contribution in [2.24, 2.45) is 10.8 Å². The van der Waals surface area contributed by atoms with Gasteiger partial charge in [0.05, 0.1) is 5.71 Å². The summed E-state index contributed by atoms with van der Waals surface area (Å²) in [5, 5.41) is 4.40. The molecule has 0 unspecified atom stereocenters. The highest BCUT2D eigenvalue weighted by molar-refractivity contribution is 7.80. The minimum atomic E-state index is 0.195. The SMILES string of the molecule is CCCCc1ccc(/C(CC)=N/NC(N)=S)cc1.